The SMILES string of the molecule is C=C(/C=C(\N=C(C)C(C)CC)c1ccccc1O)Oc1cc(N)ccc1-c1ccc(CCN)cc1. The van der Waals surface area contributed by atoms with E-state index >= 15 is 0 Å². The molecule has 0 bridgehead atoms. The second-order valence-corrected chi connectivity index (χ2v) is 8.67. The molecule has 0 amide bonds. The summed E-state index contributed by atoms with van der Waals surface area (Å²) < 4.78 is 6.20. The van der Waals surface area contributed by atoms with Gasteiger partial charge in [-0.2, -0.15) is 0 Å². The van der Waals surface area contributed by atoms with Gasteiger partial charge in [0.15, 0.2) is 0 Å². The van der Waals surface area contributed by atoms with Gasteiger partial charge < -0.3 is 21.3 Å². The number of para-hydroxylation sites is 1. The number of phenolic OH excluding ortho intramolecular Hbond substituents is 1. The molecule has 3 aromatic carbocycles. The zero-order valence-corrected chi connectivity index (χ0v) is 20.8. The Hall–Kier alpha value is -3.83. The molecule has 1 atom stereocenters. The van der Waals surface area contributed by atoms with Crippen molar-refractivity contribution in [2.45, 2.75) is 33.6 Å². The standard InChI is InChI=1S/C30H35N3O2/c1-5-20(2)22(4)33-28(27-8-6-7-9-29(27)34)18-21(3)35-30-19-25(32)14-15-26(30)24-12-10-23(11-13-24)16-17-31/h6-15,18-20,34H,3,5,16-17,31-32H2,1-2,4H3/b28-18-,33-22?. The first kappa shape index (κ1) is 25.8. The van der Waals surface area contributed by atoms with Crippen LogP contribution in [0.15, 0.2) is 90.1 Å². The third-order valence-corrected chi connectivity index (χ3v) is 6.04. The number of hydrogen-bond donors (Lipinski definition) is 3. The van der Waals surface area contributed by atoms with Crippen LogP contribution in [0.4, 0.5) is 5.69 Å². The molecule has 0 radical (unpaired) electrons. The Kier molecular flexibility index (Phi) is 8.87. The van der Waals surface area contributed by atoms with Gasteiger partial charge in [0.2, 0.25) is 0 Å². The Morgan fingerprint density at radius 3 is 2.49 bits per heavy atom. The van der Waals surface area contributed by atoms with Crippen molar-refractivity contribution < 1.29 is 9.84 Å². The summed E-state index contributed by atoms with van der Waals surface area (Å²) in [6.07, 6.45) is 3.55. The Bertz CT molecular complexity index is 1230. The first-order chi connectivity index (χ1) is 16.8. The quantitative estimate of drug-likeness (QED) is 0.135. The number of hydrogen-bond acceptors (Lipinski definition) is 5. The summed E-state index contributed by atoms with van der Waals surface area (Å²) in [6.45, 7) is 11.0. The fraction of sp³-hybridized carbons (Fsp3) is 0.233. The monoisotopic (exact) mass is 469 g/mol. The van der Waals surface area contributed by atoms with Crippen LogP contribution in [0.5, 0.6) is 11.5 Å². The van der Waals surface area contributed by atoms with Crippen molar-refractivity contribution in [1.29, 1.82) is 0 Å². The molecule has 182 valence electrons. The minimum Gasteiger partial charge on any atom is -0.507 e. The molecular weight excluding hydrogens is 434 g/mol. The molecule has 0 aliphatic rings. The molecular formula is C30H35N3O2. The summed E-state index contributed by atoms with van der Waals surface area (Å²) in [5, 5.41) is 10.5. The number of ether oxygens (including phenoxy) is 1. The molecule has 0 saturated heterocycles. The van der Waals surface area contributed by atoms with Gasteiger partial charge in [0, 0.05) is 34.7 Å². The number of anilines is 1. The van der Waals surface area contributed by atoms with E-state index in [9.17, 15) is 5.11 Å². The fourth-order valence-corrected chi connectivity index (χ4v) is 3.66. The fourth-order valence-electron chi connectivity index (χ4n) is 3.66. The van der Waals surface area contributed by atoms with Crippen molar-refractivity contribution in [2.75, 3.05) is 12.3 Å². The molecule has 1 unspecified atom stereocenters. The molecule has 3 rings (SSSR count). The minimum atomic E-state index is 0.148. The molecule has 0 aliphatic carbocycles. The van der Waals surface area contributed by atoms with Crippen molar-refractivity contribution in [3.05, 3.63) is 96.3 Å². The van der Waals surface area contributed by atoms with Crippen LogP contribution in [-0.4, -0.2) is 17.4 Å². The summed E-state index contributed by atoms with van der Waals surface area (Å²) >= 11 is 0. The minimum absolute atomic E-state index is 0.148. The molecule has 5 heteroatoms. The summed E-state index contributed by atoms with van der Waals surface area (Å²) in [6, 6.07) is 20.9. The molecule has 3 aromatic rings. The number of phenols is 1. The van der Waals surface area contributed by atoms with Gasteiger partial charge in [-0.25, -0.2) is 0 Å². The number of nitrogen functional groups attached to an aromatic ring is 1. The number of aromatic hydroxyl groups is 1. The molecule has 0 heterocycles. The van der Waals surface area contributed by atoms with Gasteiger partial charge >= 0.3 is 0 Å². The number of rotatable bonds is 10. The van der Waals surface area contributed by atoms with Crippen molar-refractivity contribution in [1.82, 2.24) is 0 Å². The highest BCUT2D eigenvalue weighted by molar-refractivity contribution is 5.90. The van der Waals surface area contributed by atoms with Crippen LogP contribution in [0, 0.1) is 5.92 Å². The van der Waals surface area contributed by atoms with Gasteiger partial charge in [0.05, 0.1) is 5.70 Å². The summed E-state index contributed by atoms with van der Waals surface area (Å²) in [5.74, 6) is 1.43. The molecule has 0 aromatic heterocycles. The maximum absolute atomic E-state index is 10.5. The summed E-state index contributed by atoms with van der Waals surface area (Å²) in [5.41, 5.74) is 17.6. The highest BCUT2D eigenvalue weighted by Gasteiger charge is 2.13. The highest BCUT2D eigenvalue weighted by Crippen LogP contribution is 2.34. The average Bonchev–Trinajstić information content (AvgIpc) is 2.84. The largest absolute Gasteiger partial charge is 0.507 e. The van der Waals surface area contributed by atoms with Crippen LogP contribution in [0.2, 0.25) is 0 Å². The molecule has 5 N–H and O–H groups in total. The van der Waals surface area contributed by atoms with E-state index in [1.54, 1.807) is 24.3 Å². The predicted molar refractivity (Wildman–Crippen MR) is 147 cm³/mol. The molecule has 0 saturated carbocycles. The highest BCUT2D eigenvalue weighted by atomic mass is 16.5. The second-order valence-electron chi connectivity index (χ2n) is 8.67. The lowest BCUT2D eigenvalue weighted by atomic mass is 10.0. The van der Waals surface area contributed by atoms with E-state index in [1.807, 2.05) is 31.2 Å². The van der Waals surface area contributed by atoms with Crippen molar-refractivity contribution in [3.8, 4) is 22.6 Å². The van der Waals surface area contributed by atoms with E-state index in [2.05, 4.69) is 44.7 Å². The second kappa shape index (κ2) is 12.0. The van der Waals surface area contributed by atoms with Crippen LogP contribution in [0.3, 0.4) is 0 Å². The lowest BCUT2D eigenvalue weighted by molar-refractivity contribution is 0.449. The maximum atomic E-state index is 10.5. The third kappa shape index (κ3) is 6.84. The number of nitrogens with two attached hydrogens (primary N) is 2. The molecule has 0 aliphatic heterocycles. The number of nitrogens with zero attached hydrogens (tertiary/aromatic N) is 1. The van der Waals surface area contributed by atoms with Crippen molar-refractivity contribution >= 4 is 17.1 Å². The van der Waals surface area contributed by atoms with E-state index in [0.717, 1.165) is 29.7 Å². The smallest absolute Gasteiger partial charge is 0.137 e. The van der Waals surface area contributed by atoms with E-state index < -0.39 is 0 Å². The normalized spacial score (nSPS) is 12.9. The Morgan fingerprint density at radius 1 is 1.11 bits per heavy atom. The lowest BCUT2D eigenvalue weighted by Gasteiger charge is -2.15. The van der Waals surface area contributed by atoms with E-state index in [4.69, 9.17) is 21.2 Å². The average molecular weight is 470 g/mol. The number of benzene rings is 3. The molecule has 0 spiro atoms. The molecule has 0 fully saturated rings. The third-order valence-electron chi connectivity index (χ3n) is 6.04. The van der Waals surface area contributed by atoms with Crippen LogP contribution >= 0.6 is 0 Å². The number of aliphatic imine (C=N–C) groups is 1. The van der Waals surface area contributed by atoms with Crippen LogP contribution in [-0.2, 0) is 6.42 Å². The first-order valence-corrected chi connectivity index (χ1v) is 11.9. The van der Waals surface area contributed by atoms with Crippen LogP contribution in [0.1, 0.15) is 38.3 Å². The van der Waals surface area contributed by atoms with Gasteiger partial charge in [-0.3, -0.25) is 4.99 Å². The van der Waals surface area contributed by atoms with E-state index in [1.165, 1.54) is 5.56 Å². The van der Waals surface area contributed by atoms with Crippen LogP contribution < -0.4 is 16.2 Å². The van der Waals surface area contributed by atoms with E-state index in [0.29, 0.717) is 40.9 Å². The van der Waals surface area contributed by atoms with E-state index in [-0.39, 0.29) is 5.75 Å². The van der Waals surface area contributed by atoms with Gasteiger partial charge in [0.1, 0.15) is 17.3 Å². The summed E-state index contributed by atoms with van der Waals surface area (Å²) in [4.78, 5) is 4.83. The van der Waals surface area contributed by atoms with Gasteiger partial charge in [-0.05, 0) is 67.6 Å². The van der Waals surface area contributed by atoms with Crippen LogP contribution in [0.25, 0.3) is 16.8 Å². The zero-order valence-electron chi connectivity index (χ0n) is 20.8. The Morgan fingerprint density at radius 2 is 1.83 bits per heavy atom. The Balaban J connectivity index is 1.98. The predicted octanol–water partition coefficient (Wildman–Crippen LogP) is 6.58. The van der Waals surface area contributed by atoms with Gasteiger partial charge in [-0.1, -0.05) is 56.8 Å². The first-order valence-electron chi connectivity index (χ1n) is 11.9. The lowest BCUT2D eigenvalue weighted by Crippen LogP contribution is -2.06. The molecule has 5 nitrogen and oxygen atoms in total. The topological polar surface area (TPSA) is 93.9 Å². The molecule has 35 heavy (non-hydrogen) atoms. The Labute approximate surface area is 208 Å². The number of allylic oxidation sites excluding steroid dienone is 1. The maximum Gasteiger partial charge on any atom is 0.137 e. The van der Waals surface area contributed by atoms with Gasteiger partial charge in [0.25, 0.3) is 0 Å². The summed E-state index contributed by atoms with van der Waals surface area (Å²) in [7, 11) is 0. The zero-order chi connectivity index (χ0) is 25.4. The van der Waals surface area contributed by atoms with Gasteiger partial charge in [-0.15, -0.1) is 0 Å². The van der Waals surface area contributed by atoms with Crippen molar-refractivity contribution in [2.24, 2.45) is 16.6 Å². The van der Waals surface area contributed by atoms with Crippen molar-refractivity contribution in [3.63, 3.8) is 0 Å².